The van der Waals surface area contributed by atoms with Crippen LogP contribution in [-0.4, -0.2) is 28.2 Å². The highest BCUT2D eigenvalue weighted by atomic mass is 16.4. The molecule has 0 saturated carbocycles. The molecule has 0 aromatic heterocycles. The molecule has 0 aliphatic carbocycles. The first-order valence-corrected chi connectivity index (χ1v) is 5.06. The molecule has 0 heterocycles. The Hall–Kier alpha value is -1.10. The predicted octanol–water partition coefficient (Wildman–Crippen LogP) is 1.32. The van der Waals surface area contributed by atoms with Gasteiger partial charge in [-0.2, -0.15) is 0 Å². The van der Waals surface area contributed by atoms with Crippen molar-refractivity contribution in [3.8, 4) is 0 Å². The van der Waals surface area contributed by atoms with Crippen molar-refractivity contribution in [1.82, 2.24) is 0 Å². The Morgan fingerprint density at radius 2 is 1.73 bits per heavy atom. The zero-order valence-electron chi connectivity index (χ0n) is 9.56. The van der Waals surface area contributed by atoms with Crippen LogP contribution in [0.25, 0.3) is 0 Å². The normalized spacial score (nSPS) is 13.3. The second-order valence-corrected chi connectivity index (χ2v) is 3.39. The van der Waals surface area contributed by atoms with Crippen molar-refractivity contribution in [2.24, 2.45) is 11.7 Å². The van der Waals surface area contributed by atoms with Crippen molar-refractivity contribution >= 4 is 11.9 Å². The molecule has 15 heavy (non-hydrogen) atoms. The first kappa shape index (κ1) is 16.3. The van der Waals surface area contributed by atoms with E-state index in [1.807, 2.05) is 20.8 Å². The summed E-state index contributed by atoms with van der Waals surface area (Å²) in [5.74, 6) is -1.55. The quantitative estimate of drug-likeness (QED) is 0.647. The van der Waals surface area contributed by atoms with Gasteiger partial charge in [-0.05, 0) is 12.3 Å². The van der Waals surface area contributed by atoms with E-state index in [-0.39, 0.29) is 5.92 Å². The number of carboxylic acid groups (broad SMARTS) is 2. The van der Waals surface area contributed by atoms with Crippen LogP contribution in [0.15, 0.2) is 0 Å². The third kappa shape index (κ3) is 10.8. The molecule has 0 aromatic carbocycles. The fraction of sp³-hybridized carbons (Fsp3) is 0.800. The molecule has 0 amide bonds. The lowest BCUT2D eigenvalue weighted by Gasteiger charge is -2.11. The summed E-state index contributed by atoms with van der Waals surface area (Å²) < 4.78 is 0. The van der Waals surface area contributed by atoms with Crippen molar-refractivity contribution in [1.29, 1.82) is 0 Å². The first-order valence-electron chi connectivity index (χ1n) is 5.06. The maximum absolute atomic E-state index is 10.2. The minimum absolute atomic E-state index is 0.0718. The molecule has 0 rings (SSSR count). The molecule has 90 valence electrons. The molecule has 0 spiro atoms. The molecule has 0 fully saturated rings. The average Bonchev–Trinajstić information content (AvgIpc) is 2.16. The van der Waals surface area contributed by atoms with E-state index in [0.29, 0.717) is 6.42 Å². The Labute approximate surface area is 90.3 Å². The number of rotatable bonds is 5. The maximum atomic E-state index is 10.2. The van der Waals surface area contributed by atoms with Gasteiger partial charge in [0.2, 0.25) is 0 Å². The van der Waals surface area contributed by atoms with Crippen molar-refractivity contribution in [2.75, 3.05) is 0 Å². The topological polar surface area (TPSA) is 101 Å². The molecular formula is C10H21NO4. The van der Waals surface area contributed by atoms with E-state index in [4.69, 9.17) is 15.9 Å². The van der Waals surface area contributed by atoms with E-state index < -0.39 is 18.0 Å². The van der Waals surface area contributed by atoms with Crippen LogP contribution in [0.5, 0.6) is 0 Å². The largest absolute Gasteiger partial charge is 0.481 e. The molecule has 0 aliphatic rings. The van der Waals surface area contributed by atoms with Crippen LogP contribution in [0.1, 0.15) is 40.0 Å². The number of aliphatic carboxylic acids is 2. The second kappa shape index (κ2) is 9.45. The molecule has 2 unspecified atom stereocenters. The first-order chi connectivity index (χ1) is 6.86. The number of carbonyl (C=O) groups is 2. The summed E-state index contributed by atoms with van der Waals surface area (Å²) in [5.41, 5.74) is 5.27. The molecule has 2 atom stereocenters. The van der Waals surface area contributed by atoms with Gasteiger partial charge in [0.15, 0.2) is 0 Å². The lowest BCUT2D eigenvalue weighted by Crippen LogP contribution is -2.36. The molecule has 0 aromatic rings. The Morgan fingerprint density at radius 3 is 1.80 bits per heavy atom. The van der Waals surface area contributed by atoms with Gasteiger partial charge < -0.3 is 15.9 Å². The Morgan fingerprint density at radius 1 is 1.27 bits per heavy atom. The van der Waals surface area contributed by atoms with Crippen LogP contribution in [0.4, 0.5) is 0 Å². The molecule has 0 bridgehead atoms. The molecule has 4 N–H and O–H groups in total. The summed E-state index contributed by atoms with van der Waals surface area (Å²) in [5, 5.41) is 16.3. The SMILES string of the molecule is CCC(C)C(N)C(=O)O.CCCC(=O)O. The molecule has 0 aliphatic heterocycles. The summed E-state index contributed by atoms with van der Waals surface area (Å²) in [6.07, 6.45) is 1.84. The molecule has 0 saturated heterocycles. The highest BCUT2D eigenvalue weighted by molar-refractivity contribution is 5.73. The molecule has 5 heteroatoms. The predicted molar refractivity (Wildman–Crippen MR) is 57.6 cm³/mol. The fourth-order valence-corrected chi connectivity index (χ4v) is 0.711. The van der Waals surface area contributed by atoms with Crippen LogP contribution in [0.3, 0.4) is 0 Å². The zero-order valence-corrected chi connectivity index (χ0v) is 9.56. The van der Waals surface area contributed by atoms with Crippen LogP contribution in [0, 0.1) is 5.92 Å². The Balaban J connectivity index is 0. The van der Waals surface area contributed by atoms with Crippen LogP contribution in [0.2, 0.25) is 0 Å². The summed E-state index contributed by atoms with van der Waals surface area (Å²) in [6, 6.07) is -0.699. The van der Waals surface area contributed by atoms with E-state index in [1.165, 1.54) is 0 Å². The summed E-state index contributed by atoms with van der Waals surface area (Å²) in [4.78, 5) is 19.8. The van der Waals surface area contributed by atoms with Crippen LogP contribution in [-0.2, 0) is 9.59 Å². The minimum atomic E-state index is -0.913. The van der Waals surface area contributed by atoms with Crippen molar-refractivity contribution in [2.45, 2.75) is 46.1 Å². The van der Waals surface area contributed by atoms with Crippen LogP contribution < -0.4 is 5.73 Å². The highest BCUT2D eigenvalue weighted by Crippen LogP contribution is 2.04. The maximum Gasteiger partial charge on any atom is 0.320 e. The second-order valence-electron chi connectivity index (χ2n) is 3.39. The standard InChI is InChI=1S/C6H13NO2.C4H8O2/c1-3-4(2)5(7)6(8)9;1-2-3-4(5)6/h4-5H,3,7H2,1-2H3,(H,8,9);2-3H2,1H3,(H,5,6). The van der Waals surface area contributed by atoms with Crippen molar-refractivity contribution < 1.29 is 19.8 Å². The Kier molecular flexibility index (Phi) is 10.3. The lowest BCUT2D eigenvalue weighted by atomic mass is 10.0. The third-order valence-electron chi connectivity index (χ3n) is 2.01. The van der Waals surface area contributed by atoms with E-state index in [0.717, 1.165) is 12.8 Å². The number of hydrogen-bond acceptors (Lipinski definition) is 3. The molecule has 0 radical (unpaired) electrons. The molecular weight excluding hydrogens is 198 g/mol. The van der Waals surface area contributed by atoms with Gasteiger partial charge in [0.05, 0.1) is 0 Å². The lowest BCUT2D eigenvalue weighted by molar-refractivity contribution is -0.140. The zero-order chi connectivity index (χ0) is 12.4. The van der Waals surface area contributed by atoms with Crippen molar-refractivity contribution in [3.05, 3.63) is 0 Å². The van der Waals surface area contributed by atoms with Gasteiger partial charge in [0.25, 0.3) is 0 Å². The highest BCUT2D eigenvalue weighted by Gasteiger charge is 2.17. The van der Waals surface area contributed by atoms with Gasteiger partial charge in [0, 0.05) is 6.42 Å². The van der Waals surface area contributed by atoms with E-state index >= 15 is 0 Å². The summed E-state index contributed by atoms with van der Waals surface area (Å²) in [7, 11) is 0. The van der Waals surface area contributed by atoms with E-state index in [1.54, 1.807) is 0 Å². The van der Waals surface area contributed by atoms with Gasteiger partial charge in [-0.1, -0.05) is 27.2 Å². The number of hydrogen-bond donors (Lipinski definition) is 3. The summed E-state index contributed by atoms with van der Waals surface area (Å²) >= 11 is 0. The van der Waals surface area contributed by atoms with E-state index in [2.05, 4.69) is 0 Å². The molecule has 5 nitrogen and oxygen atoms in total. The average molecular weight is 219 g/mol. The number of nitrogens with two attached hydrogens (primary N) is 1. The third-order valence-corrected chi connectivity index (χ3v) is 2.01. The summed E-state index contributed by atoms with van der Waals surface area (Å²) in [6.45, 7) is 5.60. The van der Waals surface area contributed by atoms with Gasteiger partial charge in [-0.25, -0.2) is 0 Å². The van der Waals surface area contributed by atoms with Gasteiger partial charge in [-0.3, -0.25) is 9.59 Å². The van der Waals surface area contributed by atoms with Crippen molar-refractivity contribution in [3.63, 3.8) is 0 Å². The van der Waals surface area contributed by atoms with E-state index in [9.17, 15) is 9.59 Å². The number of carboxylic acids is 2. The minimum Gasteiger partial charge on any atom is -0.481 e. The van der Waals surface area contributed by atoms with Gasteiger partial charge >= 0.3 is 11.9 Å². The monoisotopic (exact) mass is 219 g/mol. The Bertz CT molecular complexity index is 194. The van der Waals surface area contributed by atoms with Crippen LogP contribution >= 0.6 is 0 Å². The fourth-order valence-electron chi connectivity index (χ4n) is 0.711. The van der Waals surface area contributed by atoms with Gasteiger partial charge in [0.1, 0.15) is 6.04 Å². The van der Waals surface area contributed by atoms with Gasteiger partial charge in [-0.15, -0.1) is 0 Å². The smallest absolute Gasteiger partial charge is 0.320 e.